The number of hydrogen-bond acceptors (Lipinski definition) is 3. The number of rotatable bonds is 5. The van der Waals surface area contributed by atoms with Crippen molar-refractivity contribution in [2.45, 2.75) is 12.5 Å². The zero-order valence-electron chi connectivity index (χ0n) is 11.1. The summed E-state index contributed by atoms with van der Waals surface area (Å²) in [6.07, 6.45) is 2.65. The second kappa shape index (κ2) is 6.68. The van der Waals surface area contributed by atoms with Gasteiger partial charge in [-0.1, -0.05) is 34.1 Å². The third kappa shape index (κ3) is 3.33. The summed E-state index contributed by atoms with van der Waals surface area (Å²) in [5, 5.41) is 3.31. The fraction of sp³-hybridized carbons (Fsp3) is 0.267. The van der Waals surface area contributed by atoms with Gasteiger partial charge in [0.2, 0.25) is 0 Å². The van der Waals surface area contributed by atoms with Crippen LogP contribution in [0.3, 0.4) is 0 Å². The molecule has 2 rings (SSSR count). The Morgan fingerprint density at radius 3 is 2.74 bits per heavy atom. The van der Waals surface area contributed by atoms with Gasteiger partial charge in [-0.05, 0) is 37.2 Å². The molecule has 0 bridgehead atoms. The zero-order valence-corrected chi connectivity index (χ0v) is 12.6. The Morgan fingerprint density at radius 1 is 1.26 bits per heavy atom. The number of nitrogens with zero attached hydrogens (tertiary/aromatic N) is 1. The minimum absolute atomic E-state index is 0.120. The summed E-state index contributed by atoms with van der Waals surface area (Å²) in [6.45, 7) is 0. The maximum absolute atomic E-state index is 5.38. The van der Waals surface area contributed by atoms with Crippen molar-refractivity contribution in [3.63, 3.8) is 0 Å². The Balaban J connectivity index is 2.28. The molecule has 100 valence electrons. The van der Waals surface area contributed by atoms with Crippen LogP contribution in [0.15, 0.2) is 47.1 Å². The largest absolute Gasteiger partial charge is 0.495 e. The molecule has 1 atom stereocenters. The summed E-state index contributed by atoms with van der Waals surface area (Å²) in [5.74, 6) is 0.814. The van der Waals surface area contributed by atoms with Crippen molar-refractivity contribution in [2.24, 2.45) is 0 Å². The molecule has 0 aliphatic rings. The van der Waals surface area contributed by atoms with Crippen molar-refractivity contribution in [1.82, 2.24) is 10.3 Å². The van der Waals surface area contributed by atoms with Gasteiger partial charge in [0.05, 0.1) is 18.8 Å². The van der Waals surface area contributed by atoms with Crippen molar-refractivity contribution in [3.05, 3.63) is 58.3 Å². The first kappa shape index (κ1) is 14.0. The molecular formula is C15H17BrN2O. The molecule has 0 amide bonds. The first-order valence-corrected chi connectivity index (χ1v) is 6.95. The fourth-order valence-electron chi connectivity index (χ4n) is 2.06. The van der Waals surface area contributed by atoms with E-state index in [4.69, 9.17) is 4.74 Å². The van der Waals surface area contributed by atoms with Crippen molar-refractivity contribution in [3.8, 4) is 5.75 Å². The number of nitrogens with one attached hydrogen (secondary N) is 1. The molecule has 1 unspecified atom stereocenters. The average molecular weight is 321 g/mol. The predicted molar refractivity (Wildman–Crippen MR) is 80.4 cm³/mol. The van der Waals surface area contributed by atoms with E-state index in [9.17, 15) is 0 Å². The van der Waals surface area contributed by atoms with Gasteiger partial charge in [0, 0.05) is 10.7 Å². The highest BCUT2D eigenvalue weighted by molar-refractivity contribution is 9.10. The van der Waals surface area contributed by atoms with Crippen LogP contribution < -0.4 is 10.1 Å². The third-order valence-electron chi connectivity index (χ3n) is 3.08. The van der Waals surface area contributed by atoms with Crippen LogP contribution in [0.25, 0.3) is 0 Å². The van der Waals surface area contributed by atoms with Gasteiger partial charge in [-0.2, -0.15) is 0 Å². The summed E-state index contributed by atoms with van der Waals surface area (Å²) < 4.78 is 6.50. The maximum atomic E-state index is 5.38. The molecule has 4 heteroatoms. The van der Waals surface area contributed by atoms with Gasteiger partial charge >= 0.3 is 0 Å². The Morgan fingerprint density at radius 2 is 2.05 bits per heavy atom. The Kier molecular flexibility index (Phi) is 4.93. The van der Waals surface area contributed by atoms with E-state index in [2.05, 4.69) is 38.4 Å². The van der Waals surface area contributed by atoms with E-state index in [0.29, 0.717) is 0 Å². The van der Waals surface area contributed by atoms with E-state index < -0.39 is 0 Å². The Hall–Kier alpha value is -1.39. The quantitative estimate of drug-likeness (QED) is 0.917. The minimum atomic E-state index is 0.120. The molecule has 3 nitrogen and oxygen atoms in total. The Bertz CT molecular complexity index is 545. The first-order valence-electron chi connectivity index (χ1n) is 6.16. The van der Waals surface area contributed by atoms with Crippen LogP contribution in [-0.4, -0.2) is 19.1 Å². The van der Waals surface area contributed by atoms with Gasteiger partial charge in [-0.25, -0.2) is 0 Å². The van der Waals surface area contributed by atoms with Crippen LogP contribution in [-0.2, 0) is 6.42 Å². The highest BCUT2D eigenvalue weighted by Gasteiger charge is 2.17. The van der Waals surface area contributed by atoms with E-state index in [1.807, 2.05) is 31.3 Å². The molecule has 1 heterocycles. The summed E-state index contributed by atoms with van der Waals surface area (Å²) >= 11 is 3.58. The molecular weight excluding hydrogens is 304 g/mol. The minimum Gasteiger partial charge on any atom is -0.495 e. The van der Waals surface area contributed by atoms with Crippen LogP contribution >= 0.6 is 15.9 Å². The van der Waals surface area contributed by atoms with E-state index in [0.717, 1.165) is 22.3 Å². The fourth-order valence-corrected chi connectivity index (χ4v) is 2.50. The lowest BCUT2D eigenvalue weighted by molar-refractivity contribution is 0.396. The number of benzene rings is 1. The van der Waals surface area contributed by atoms with E-state index in [-0.39, 0.29) is 6.04 Å². The molecule has 0 saturated carbocycles. The predicted octanol–water partition coefficient (Wildman–Crippen LogP) is 3.36. The van der Waals surface area contributed by atoms with Gasteiger partial charge in [0.25, 0.3) is 0 Å². The van der Waals surface area contributed by atoms with Crippen LogP contribution in [0.5, 0.6) is 5.75 Å². The number of hydrogen-bond donors (Lipinski definition) is 1. The maximum Gasteiger partial charge on any atom is 0.141 e. The molecule has 0 aliphatic heterocycles. The summed E-state index contributed by atoms with van der Waals surface area (Å²) in [6, 6.07) is 12.2. The highest BCUT2D eigenvalue weighted by Crippen LogP contribution is 2.27. The summed E-state index contributed by atoms with van der Waals surface area (Å²) in [7, 11) is 3.61. The number of halogens is 1. The average Bonchev–Trinajstić information content (AvgIpc) is 2.46. The molecule has 0 aliphatic carbocycles. The topological polar surface area (TPSA) is 34.2 Å². The van der Waals surface area contributed by atoms with Crippen molar-refractivity contribution < 1.29 is 4.74 Å². The summed E-state index contributed by atoms with van der Waals surface area (Å²) in [5.41, 5.74) is 2.18. The molecule has 0 saturated heterocycles. The normalized spacial score (nSPS) is 12.2. The lowest BCUT2D eigenvalue weighted by Crippen LogP contribution is -2.21. The number of methoxy groups -OCH3 is 1. The highest BCUT2D eigenvalue weighted by atomic mass is 79.9. The molecule has 0 fully saturated rings. The van der Waals surface area contributed by atoms with Gasteiger partial charge in [-0.15, -0.1) is 0 Å². The monoisotopic (exact) mass is 320 g/mol. The number of aromatic nitrogens is 1. The lowest BCUT2D eigenvalue weighted by Gasteiger charge is -2.18. The second-order valence-corrected chi connectivity index (χ2v) is 5.08. The van der Waals surface area contributed by atoms with Crippen LogP contribution in [0, 0.1) is 0 Å². The van der Waals surface area contributed by atoms with Gasteiger partial charge < -0.3 is 10.1 Å². The van der Waals surface area contributed by atoms with Gasteiger partial charge in [-0.3, -0.25) is 4.98 Å². The molecule has 0 spiro atoms. The molecule has 1 aromatic heterocycles. The molecule has 1 N–H and O–H groups in total. The van der Waals surface area contributed by atoms with Crippen molar-refractivity contribution in [1.29, 1.82) is 0 Å². The van der Waals surface area contributed by atoms with Crippen LogP contribution in [0.2, 0.25) is 0 Å². The third-order valence-corrected chi connectivity index (χ3v) is 3.85. The van der Waals surface area contributed by atoms with Gasteiger partial charge in [0.1, 0.15) is 5.75 Å². The van der Waals surface area contributed by atoms with E-state index >= 15 is 0 Å². The van der Waals surface area contributed by atoms with E-state index in [1.165, 1.54) is 5.56 Å². The van der Waals surface area contributed by atoms with E-state index in [1.54, 1.807) is 13.3 Å². The van der Waals surface area contributed by atoms with Crippen molar-refractivity contribution >= 4 is 15.9 Å². The first-order chi connectivity index (χ1) is 9.26. The lowest BCUT2D eigenvalue weighted by atomic mass is 10.0. The SMILES string of the molecule is CNC(Cc1ccccc1Br)c1ncccc1OC. The molecule has 2 aromatic rings. The standard InChI is InChI=1S/C15H17BrN2O/c1-17-13(10-11-6-3-4-7-12(11)16)15-14(19-2)8-5-9-18-15/h3-9,13,17H,10H2,1-2H3. The number of ether oxygens (including phenoxy) is 1. The van der Waals surface area contributed by atoms with Crippen LogP contribution in [0.4, 0.5) is 0 Å². The molecule has 1 aromatic carbocycles. The Labute approximate surface area is 122 Å². The van der Waals surface area contributed by atoms with Gasteiger partial charge in [0.15, 0.2) is 0 Å². The zero-order chi connectivity index (χ0) is 13.7. The number of likely N-dealkylation sites (N-methyl/N-ethyl adjacent to an activating group) is 1. The second-order valence-electron chi connectivity index (χ2n) is 4.23. The van der Waals surface area contributed by atoms with Crippen molar-refractivity contribution in [2.75, 3.05) is 14.2 Å². The summed E-state index contributed by atoms with van der Waals surface area (Å²) in [4.78, 5) is 4.44. The molecule has 19 heavy (non-hydrogen) atoms. The smallest absolute Gasteiger partial charge is 0.141 e. The molecule has 0 radical (unpaired) electrons. The number of pyridine rings is 1. The van der Waals surface area contributed by atoms with Crippen LogP contribution in [0.1, 0.15) is 17.3 Å².